The standard InChI is InChI=1S/C15H17NO4S/c1-19-13-8-7-11(9-12(13)16)10-21(17,18)15-6-4-3-5-14(15)20-2/h3-9H,10,16H2,1-2H3. The van der Waals surface area contributed by atoms with E-state index in [1.807, 2.05) is 0 Å². The average molecular weight is 307 g/mol. The molecule has 0 saturated carbocycles. The zero-order valence-corrected chi connectivity index (χ0v) is 12.7. The van der Waals surface area contributed by atoms with E-state index < -0.39 is 9.84 Å². The number of nitrogen functional groups attached to an aromatic ring is 1. The van der Waals surface area contributed by atoms with Crippen LogP contribution in [0.25, 0.3) is 0 Å². The highest BCUT2D eigenvalue weighted by Gasteiger charge is 2.20. The van der Waals surface area contributed by atoms with Crippen LogP contribution in [0.1, 0.15) is 5.56 Å². The molecule has 0 bridgehead atoms. The zero-order chi connectivity index (χ0) is 15.5. The Bertz CT molecular complexity index is 741. The number of benzene rings is 2. The molecule has 0 fully saturated rings. The molecule has 0 spiro atoms. The van der Waals surface area contributed by atoms with E-state index in [9.17, 15) is 8.42 Å². The van der Waals surface area contributed by atoms with Crippen molar-refractivity contribution in [3.8, 4) is 11.5 Å². The normalized spacial score (nSPS) is 11.1. The molecule has 2 aromatic rings. The van der Waals surface area contributed by atoms with Crippen LogP contribution in [0.3, 0.4) is 0 Å². The number of nitrogens with two attached hydrogens (primary N) is 1. The Hall–Kier alpha value is -2.21. The molecule has 21 heavy (non-hydrogen) atoms. The fraction of sp³-hybridized carbons (Fsp3) is 0.200. The van der Waals surface area contributed by atoms with Gasteiger partial charge in [-0.25, -0.2) is 8.42 Å². The Kier molecular flexibility index (Phi) is 4.37. The predicted molar refractivity (Wildman–Crippen MR) is 81.3 cm³/mol. The molecule has 0 saturated heterocycles. The molecule has 0 atom stereocenters. The topological polar surface area (TPSA) is 78.6 Å². The van der Waals surface area contributed by atoms with Crippen LogP contribution in [0, 0.1) is 0 Å². The molecule has 0 aliphatic rings. The van der Waals surface area contributed by atoms with Gasteiger partial charge in [-0.15, -0.1) is 0 Å². The van der Waals surface area contributed by atoms with Crippen molar-refractivity contribution in [3.05, 3.63) is 48.0 Å². The third kappa shape index (κ3) is 3.28. The number of anilines is 1. The molecular formula is C15H17NO4S. The van der Waals surface area contributed by atoms with E-state index in [1.54, 1.807) is 36.4 Å². The van der Waals surface area contributed by atoms with Gasteiger partial charge in [-0.05, 0) is 29.8 Å². The van der Waals surface area contributed by atoms with Gasteiger partial charge in [0.2, 0.25) is 0 Å². The van der Waals surface area contributed by atoms with Gasteiger partial charge in [0.15, 0.2) is 9.84 Å². The molecule has 2 rings (SSSR count). The summed E-state index contributed by atoms with van der Waals surface area (Å²) >= 11 is 0. The Morgan fingerprint density at radius 2 is 1.67 bits per heavy atom. The summed E-state index contributed by atoms with van der Waals surface area (Å²) in [5.41, 5.74) is 6.81. The van der Waals surface area contributed by atoms with Gasteiger partial charge in [0.05, 0.1) is 25.7 Å². The SMILES string of the molecule is COc1ccc(CS(=O)(=O)c2ccccc2OC)cc1N. The predicted octanol–water partition coefficient (Wildman–Crippen LogP) is 2.26. The fourth-order valence-corrected chi connectivity index (χ4v) is 3.56. The molecule has 5 nitrogen and oxygen atoms in total. The van der Waals surface area contributed by atoms with Gasteiger partial charge in [0.1, 0.15) is 16.4 Å². The average Bonchev–Trinajstić information content (AvgIpc) is 2.47. The summed E-state index contributed by atoms with van der Waals surface area (Å²) in [7, 11) is -0.559. The van der Waals surface area contributed by atoms with Crippen molar-refractivity contribution in [2.75, 3.05) is 20.0 Å². The van der Waals surface area contributed by atoms with Crippen LogP contribution >= 0.6 is 0 Å². The molecule has 2 N–H and O–H groups in total. The number of para-hydroxylation sites is 1. The Morgan fingerprint density at radius 1 is 1.00 bits per heavy atom. The maximum atomic E-state index is 12.5. The van der Waals surface area contributed by atoms with E-state index in [2.05, 4.69) is 0 Å². The highest BCUT2D eigenvalue weighted by Crippen LogP contribution is 2.28. The van der Waals surface area contributed by atoms with E-state index in [1.165, 1.54) is 20.3 Å². The lowest BCUT2D eigenvalue weighted by molar-refractivity contribution is 0.402. The Morgan fingerprint density at radius 3 is 2.29 bits per heavy atom. The first-order valence-electron chi connectivity index (χ1n) is 6.26. The van der Waals surface area contributed by atoms with Crippen LogP contribution in [0.15, 0.2) is 47.4 Å². The Labute approximate surface area is 124 Å². The second kappa shape index (κ2) is 6.05. The molecule has 0 heterocycles. The van der Waals surface area contributed by atoms with Gasteiger partial charge in [0.25, 0.3) is 0 Å². The highest BCUT2D eigenvalue weighted by molar-refractivity contribution is 7.90. The van der Waals surface area contributed by atoms with Gasteiger partial charge in [-0.2, -0.15) is 0 Å². The number of hydrogen-bond donors (Lipinski definition) is 1. The minimum atomic E-state index is -3.51. The van der Waals surface area contributed by atoms with Crippen LogP contribution in [0.4, 0.5) is 5.69 Å². The summed E-state index contributed by atoms with van der Waals surface area (Å²) in [5.74, 6) is 0.703. The van der Waals surface area contributed by atoms with Gasteiger partial charge in [-0.1, -0.05) is 18.2 Å². The van der Waals surface area contributed by atoms with Crippen molar-refractivity contribution in [2.24, 2.45) is 0 Å². The third-order valence-electron chi connectivity index (χ3n) is 3.05. The van der Waals surface area contributed by atoms with E-state index in [4.69, 9.17) is 15.2 Å². The highest BCUT2D eigenvalue weighted by atomic mass is 32.2. The van der Waals surface area contributed by atoms with Crippen molar-refractivity contribution < 1.29 is 17.9 Å². The van der Waals surface area contributed by atoms with Crippen LogP contribution < -0.4 is 15.2 Å². The molecule has 0 aliphatic carbocycles. The van der Waals surface area contributed by atoms with Crippen molar-refractivity contribution in [1.82, 2.24) is 0 Å². The maximum Gasteiger partial charge on any atom is 0.186 e. The molecule has 0 radical (unpaired) electrons. The maximum absolute atomic E-state index is 12.5. The summed E-state index contributed by atoms with van der Waals surface area (Å²) in [6.45, 7) is 0. The second-order valence-corrected chi connectivity index (χ2v) is 6.44. The van der Waals surface area contributed by atoms with Crippen molar-refractivity contribution in [1.29, 1.82) is 0 Å². The number of methoxy groups -OCH3 is 2. The summed E-state index contributed by atoms with van der Waals surface area (Å²) in [4.78, 5) is 0.168. The van der Waals surface area contributed by atoms with Crippen LogP contribution in [0.5, 0.6) is 11.5 Å². The number of hydrogen-bond acceptors (Lipinski definition) is 5. The van der Waals surface area contributed by atoms with Crippen molar-refractivity contribution in [3.63, 3.8) is 0 Å². The zero-order valence-electron chi connectivity index (χ0n) is 11.9. The summed E-state index contributed by atoms with van der Waals surface area (Å²) < 4.78 is 35.2. The quantitative estimate of drug-likeness (QED) is 0.857. The number of rotatable bonds is 5. The number of sulfone groups is 1. The summed E-state index contributed by atoms with van der Waals surface area (Å²) in [6, 6.07) is 11.5. The van der Waals surface area contributed by atoms with E-state index in [0.717, 1.165) is 0 Å². The lowest BCUT2D eigenvalue weighted by Gasteiger charge is -2.10. The lowest BCUT2D eigenvalue weighted by Crippen LogP contribution is -2.07. The molecule has 0 aromatic heterocycles. The molecule has 0 aliphatic heterocycles. The van der Waals surface area contributed by atoms with Gasteiger partial charge in [-0.3, -0.25) is 0 Å². The first-order chi connectivity index (χ1) is 9.97. The molecule has 2 aromatic carbocycles. The molecular weight excluding hydrogens is 290 g/mol. The van der Waals surface area contributed by atoms with E-state index in [-0.39, 0.29) is 10.6 Å². The van der Waals surface area contributed by atoms with Crippen molar-refractivity contribution in [2.45, 2.75) is 10.6 Å². The van der Waals surface area contributed by atoms with Gasteiger partial charge in [0, 0.05) is 0 Å². The van der Waals surface area contributed by atoms with E-state index in [0.29, 0.717) is 22.7 Å². The van der Waals surface area contributed by atoms with Crippen LogP contribution in [-0.4, -0.2) is 22.6 Å². The molecule has 6 heteroatoms. The minimum Gasteiger partial charge on any atom is -0.495 e. The largest absolute Gasteiger partial charge is 0.495 e. The van der Waals surface area contributed by atoms with Crippen molar-refractivity contribution >= 4 is 15.5 Å². The first kappa shape index (κ1) is 15.2. The molecule has 112 valence electrons. The van der Waals surface area contributed by atoms with Gasteiger partial charge < -0.3 is 15.2 Å². The van der Waals surface area contributed by atoms with Crippen LogP contribution in [0.2, 0.25) is 0 Å². The third-order valence-corrected chi connectivity index (χ3v) is 4.78. The number of ether oxygens (including phenoxy) is 2. The summed E-state index contributed by atoms with van der Waals surface area (Å²) in [6.07, 6.45) is 0. The lowest BCUT2D eigenvalue weighted by atomic mass is 10.2. The molecule has 0 amide bonds. The Balaban J connectivity index is 2.35. The smallest absolute Gasteiger partial charge is 0.186 e. The monoisotopic (exact) mass is 307 g/mol. The van der Waals surface area contributed by atoms with Crippen LogP contribution in [-0.2, 0) is 15.6 Å². The summed E-state index contributed by atoms with van der Waals surface area (Å²) in [5, 5.41) is 0. The molecule has 0 unspecified atom stereocenters. The van der Waals surface area contributed by atoms with E-state index >= 15 is 0 Å². The minimum absolute atomic E-state index is 0.151. The fourth-order valence-electron chi connectivity index (χ4n) is 2.05. The van der Waals surface area contributed by atoms with Gasteiger partial charge >= 0.3 is 0 Å². The second-order valence-electron chi connectivity index (χ2n) is 4.49. The first-order valence-corrected chi connectivity index (χ1v) is 7.91.